The zero-order chi connectivity index (χ0) is 14.8. The second-order valence-corrected chi connectivity index (χ2v) is 6.39. The Morgan fingerprint density at radius 1 is 1.15 bits per heavy atom. The van der Waals surface area contributed by atoms with Crippen molar-refractivity contribution >= 4 is 15.7 Å². The summed E-state index contributed by atoms with van der Waals surface area (Å²) in [6.07, 6.45) is 1.87. The monoisotopic (exact) mass is 309 g/mol. The molecule has 1 fully saturated rings. The normalized spacial score (nSPS) is 19.9. The van der Waals surface area contributed by atoms with E-state index in [1.54, 1.807) is 0 Å². The highest BCUT2D eigenvalue weighted by atomic mass is 32.2. The Kier molecular flexibility index (Phi) is 4.54. The van der Waals surface area contributed by atoms with Gasteiger partial charge >= 0.3 is 0 Å². The van der Waals surface area contributed by atoms with E-state index in [1.807, 2.05) is 4.72 Å². The lowest BCUT2D eigenvalue weighted by Gasteiger charge is -2.22. The van der Waals surface area contributed by atoms with Crippen LogP contribution in [0.4, 0.5) is 18.9 Å². The van der Waals surface area contributed by atoms with Crippen LogP contribution >= 0.6 is 0 Å². The fourth-order valence-electron chi connectivity index (χ4n) is 1.99. The number of rotatable bonds is 4. The highest BCUT2D eigenvalue weighted by Crippen LogP contribution is 2.21. The van der Waals surface area contributed by atoms with Crippen molar-refractivity contribution in [2.45, 2.75) is 25.4 Å². The molecule has 0 unspecified atom stereocenters. The molecule has 0 spiro atoms. The van der Waals surface area contributed by atoms with Gasteiger partial charge < -0.3 is 4.74 Å². The molecule has 1 aromatic rings. The molecule has 1 atom stereocenters. The molecule has 0 aliphatic carbocycles. The third kappa shape index (κ3) is 3.86. The lowest BCUT2D eigenvalue weighted by atomic mass is 10.1. The lowest BCUT2D eigenvalue weighted by Crippen LogP contribution is -2.31. The molecular weight excluding hydrogens is 295 g/mol. The maximum absolute atomic E-state index is 13.4. The Hall–Kier alpha value is -1.28. The molecular formula is C12H14F3NO3S. The van der Waals surface area contributed by atoms with E-state index in [9.17, 15) is 21.6 Å². The molecule has 0 radical (unpaired) electrons. The van der Waals surface area contributed by atoms with E-state index in [0.29, 0.717) is 25.2 Å². The minimum atomic E-state index is -3.89. The van der Waals surface area contributed by atoms with Gasteiger partial charge in [-0.25, -0.2) is 21.6 Å². The van der Waals surface area contributed by atoms with Crippen LogP contribution in [0.25, 0.3) is 0 Å². The topological polar surface area (TPSA) is 55.4 Å². The van der Waals surface area contributed by atoms with E-state index in [1.165, 1.54) is 0 Å². The third-order valence-electron chi connectivity index (χ3n) is 2.95. The van der Waals surface area contributed by atoms with Crippen LogP contribution in [0, 0.1) is 17.5 Å². The number of ether oxygens (including phenoxy) is 1. The van der Waals surface area contributed by atoms with Crippen molar-refractivity contribution in [3.8, 4) is 0 Å². The zero-order valence-corrected chi connectivity index (χ0v) is 11.4. The van der Waals surface area contributed by atoms with Crippen LogP contribution in [0.15, 0.2) is 12.1 Å². The first kappa shape index (κ1) is 15.1. The largest absolute Gasteiger partial charge is 0.377 e. The Morgan fingerprint density at radius 2 is 1.85 bits per heavy atom. The minimum absolute atomic E-state index is 0.296. The minimum Gasteiger partial charge on any atom is -0.377 e. The van der Waals surface area contributed by atoms with E-state index in [4.69, 9.17) is 4.74 Å². The first-order valence-electron chi connectivity index (χ1n) is 6.14. The summed E-state index contributed by atoms with van der Waals surface area (Å²) in [5.74, 6) is -4.21. The van der Waals surface area contributed by atoms with Gasteiger partial charge in [-0.1, -0.05) is 0 Å². The zero-order valence-electron chi connectivity index (χ0n) is 10.5. The summed E-state index contributed by atoms with van der Waals surface area (Å²) < 4.78 is 70.0. The fourth-order valence-corrected chi connectivity index (χ4v) is 3.32. The van der Waals surface area contributed by atoms with Gasteiger partial charge in [0.15, 0.2) is 11.6 Å². The number of hydrogen-bond donors (Lipinski definition) is 1. The molecule has 0 aromatic heterocycles. The average Bonchev–Trinajstić information content (AvgIpc) is 2.36. The summed E-state index contributed by atoms with van der Waals surface area (Å²) in [7, 11) is -3.89. The predicted octanol–water partition coefficient (Wildman–Crippen LogP) is 2.41. The molecule has 1 saturated heterocycles. The van der Waals surface area contributed by atoms with Gasteiger partial charge in [-0.2, -0.15) is 0 Å². The molecule has 2 rings (SSSR count). The average molecular weight is 309 g/mol. The summed E-state index contributed by atoms with van der Waals surface area (Å²) in [5.41, 5.74) is -0.611. The smallest absolute Gasteiger partial charge is 0.235 e. The van der Waals surface area contributed by atoms with Crippen molar-refractivity contribution in [1.82, 2.24) is 0 Å². The lowest BCUT2D eigenvalue weighted by molar-refractivity contribution is 0.0306. The van der Waals surface area contributed by atoms with Crippen molar-refractivity contribution in [1.29, 1.82) is 0 Å². The summed E-state index contributed by atoms with van der Waals surface area (Å²) >= 11 is 0. The molecule has 0 saturated carbocycles. The standard InChI is InChI=1S/C12H14F3NO3S/c13-9-5-11(15)12(6-10(9)14)16-20(17,18)7-8-3-1-2-4-19-8/h5-6,8,16H,1-4,7H2/t8-/m0/s1. The Morgan fingerprint density at radius 3 is 2.50 bits per heavy atom. The van der Waals surface area contributed by atoms with Gasteiger partial charge in [0, 0.05) is 18.7 Å². The molecule has 1 aliphatic rings. The number of nitrogens with one attached hydrogen (secondary N) is 1. The first-order valence-corrected chi connectivity index (χ1v) is 7.79. The van der Waals surface area contributed by atoms with E-state index >= 15 is 0 Å². The molecule has 1 N–H and O–H groups in total. The predicted molar refractivity (Wildman–Crippen MR) is 67.3 cm³/mol. The van der Waals surface area contributed by atoms with Gasteiger partial charge in [-0.15, -0.1) is 0 Å². The Labute approximate surface area is 115 Å². The van der Waals surface area contributed by atoms with Gasteiger partial charge in [-0.3, -0.25) is 4.72 Å². The van der Waals surface area contributed by atoms with Crippen LogP contribution in [0.1, 0.15) is 19.3 Å². The summed E-state index contributed by atoms with van der Waals surface area (Å²) in [4.78, 5) is 0. The molecule has 1 aliphatic heterocycles. The molecule has 112 valence electrons. The van der Waals surface area contributed by atoms with Crippen molar-refractivity contribution in [2.24, 2.45) is 0 Å². The number of benzene rings is 1. The van der Waals surface area contributed by atoms with Gasteiger partial charge in [-0.05, 0) is 19.3 Å². The molecule has 1 heterocycles. The number of hydrogen-bond acceptors (Lipinski definition) is 3. The van der Waals surface area contributed by atoms with Crippen LogP contribution in [-0.2, 0) is 14.8 Å². The highest BCUT2D eigenvalue weighted by molar-refractivity contribution is 7.92. The van der Waals surface area contributed by atoms with Crippen LogP contribution < -0.4 is 4.72 Å². The van der Waals surface area contributed by atoms with Crippen molar-refractivity contribution in [3.63, 3.8) is 0 Å². The third-order valence-corrected chi connectivity index (χ3v) is 4.30. The molecule has 1 aromatic carbocycles. The van der Waals surface area contributed by atoms with Crippen LogP contribution in [0.5, 0.6) is 0 Å². The maximum atomic E-state index is 13.4. The van der Waals surface area contributed by atoms with Gasteiger partial charge in [0.25, 0.3) is 0 Å². The van der Waals surface area contributed by atoms with E-state index in [-0.39, 0.29) is 5.75 Å². The van der Waals surface area contributed by atoms with E-state index < -0.39 is 39.3 Å². The maximum Gasteiger partial charge on any atom is 0.235 e. The number of halogens is 3. The molecule has 0 amide bonds. The highest BCUT2D eigenvalue weighted by Gasteiger charge is 2.23. The molecule has 8 heteroatoms. The first-order chi connectivity index (χ1) is 9.37. The molecule has 0 bridgehead atoms. The fraction of sp³-hybridized carbons (Fsp3) is 0.500. The van der Waals surface area contributed by atoms with Crippen molar-refractivity contribution in [2.75, 3.05) is 17.1 Å². The van der Waals surface area contributed by atoms with Crippen molar-refractivity contribution < 1.29 is 26.3 Å². The second-order valence-electron chi connectivity index (χ2n) is 4.62. The molecule has 4 nitrogen and oxygen atoms in total. The van der Waals surface area contributed by atoms with Gasteiger partial charge in [0.2, 0.25) is 10.0 Å². The number of sulfonamides is 1. The Balaban J connectivity index is 2.09. The second kappa shape index (κ2) is 6.01. The Bertz CT molecular complexity index is 586. The van der Waals surface area contributed by atoms with Crippen LogP contribution in [0.2, 0.25) is 0 Å². The van der Waals surface area contributed by atoms with Crippen molar-refractivity contribution in [3.05, 3.63) is 29.6 Å². The van der Waals surface area contributed by atoms with Gasteiger partial charge in [0.1, 0.15) is 5.82 Å². The van der Waals surface area contributed by atoms with Gasteiger partial charge in [0.05, 0.1) is 17.5 Å². The van der Waals surface area contributed by atoms with E-state index in [0.717, 1.165) is 12.8 Å². The molecule has 20 heavy (non-hydrogen) atoms. The quantitative estimate of drug-likeness (QED) is 0.869. The SMILES string of the molecule is O=S(=O)(C[C@@H]1CCCCO1)Nc1cc(F)c(F)cc1F. The number of anilines is 1. The summed E-state index contributed by atoms with van der Waals surface area (Å²) in [6.45, 7) is 0.486. The van der Waals surface area contributed by atoms with E-state index in [2.05, 4.69) is 0 Å². The van der Waals surface area contributed by atoms with Crippen LogP contribution in [-0.4, -0.2) is 26.9 Å². The summed E-state index contributed by atoms with van der Waals surface area (Å²) in [5, 5.41) is 0. The summed E-state index contributed by atoms with van der Waals surface area (Å²) in [6, 6.07) is 0.772. The van der Waals surface area contributed by atoms with Crippen LogP contribution in [0.3, 0.4) is 0 Å².